The quantitative estimate of drug-likeness (QED) is 0.610. The monoisotopic (exact) mass is 393 g/mol. The van der Waals surface area contributed by atoms with Crippen LogP contribution >= 0.6 is 11.8 Å². The summed E-state index contributed by atoms with van der Waals surface area (Å²) < 4.78 is 5.29. The Morgan fingerprint density at radius 3 is 2.57 bits per heavy atom. The molecule has 0 aliphatic carbocycles. The fourth-order valence-electron chi connectivity index (χ4n) is 2.69. The highest BCUT2D eigenvalue weighted by Crippen LogP contribution is 2.22. The Balaban J connectivity index is 1.53. The van der Waals surface area contributed by atoms with Crippen LogP contribution in [0.3, 0.4) is 0 Å². The second-order valence-electron chi connectivity index (χ2n) is 6.43. The maximum absolute atomic E-state index is 12.1. The van der Waals surface area contributed by atoms with Crippen LogP contribution in [0, 0.1) is 13.8 Å². The number of rotatable bonds is 7. The molecule has 0 saturated carbocycles. The highest BCUT2D eigenvalue weighted by molar-refractivity contribution is 7.99. The van der Waals surface area contributed by atoms with Gasteiger partial charge in [-0.15, -0.1) is 10.2 Å². The minimum atomic E-state index is -0.0593. The van der Waals surface area contributed by atoms with E-state index in [4.69, 9.17) is 4.74 Å². The van der Waals surface area contributed by atoms with Crippen LogP contribution in [0.2, 0.25) is 0 Å². The molecule has 0 atom stereocenters. The topological polar surface area (TPSA) is 64.1 Å². The molecule has 1 N–H and O–H groups in total. The fourth-order valence-corrected chi connectivity index (χ4v) is 3.33. The van der Waals surface area contributed by atoms with Crippen molar-refractivity contribution < 1.29 is 9.53 Å². The van der Waals surface area contributed by atoms with Gasteiger partial charge in [-0.3, -0.25) is 4.79 Å². The Morgan fingerprint density at radius 1 is 1.04 bits per heavy atom. The van der Waals surface area contributed by atoms with Crippen molar-refractivity contribution in [3.8, 4) is 17.0 Å². The number of nitrogens with zero attached hydrogens (tertiary/aromatic N) is 2. The summed E-state index contributed by atoms with van der Waals surface area (Å²) in [6.45, 7) is 4.60. The predicted molar refractivity (Wildman–Crippen MR) is 113 cm³/mol. The van der Waals surface area contributed by atoms with Crippen LogP contribution in [0.1, 0.15) is 16.7 Å². The lowest BCUT2D eigenvalue weighted by Crippen LogP contribution is -2.24. The molecule has 0 fully saturated rings. The first-order valence-electron chi connectivity index (χ1n) is 8.99. The Hall–Kier alpha value is -2.86. The number of aromatic nitrogens is 2. The van der Waals surface area contributed by atoms with Crippen molar-refractivity contribution >= 4 is 17.7 Å². The van der Waals surface area contributed by atoms with Gasteiger partial charge in [0.15, 0.2) is 0 Å². The van der Waals surface area contributed by atoms with Gasteiger partial charge in [-0.25, -0.2) is 0 Å². The summed E-state index contributed by atoms with van der Waals surface area (Å²) in [5, 5.41) is 12.2. The van der Waals surface area contributed by atoms with Gasteiger partial charge in [-0.05, 0) is 49.2 Å². The zero-order valence-electron chi connectivity index (χ0n) is 16.2. The van der Waals surface area contributed by atoms with Crippen LogP contribution in [0.25, 0.3) is 11.3 Å². The van der Waals surface area contributed by atoms with Crippen molar-refractivity contribution in [3.63, 3.8) is 0 Å². The van der Waals surface area contributed by atoms with Gasteiger partial charge in [0.05, 0.1) is 18.6 Å². The lowest BCUT2D eigenvalue weighted by atomic mass is 10.0. The molecular weight excluding hydrogens is 370 g/mol. The average Bonchev–Trinajstić information content (AvgIpc) is 2.73. The number of hydrogen-bond donors (Lipinski definition) is 1. The maximum Gasteiger partial charge on any atom is 0.230 e. The lowest BCUT2D eigenvalue weighted by molar-refractivity contribution is -0.118. The Bertz CT molecular complexity index is 958. The molecule has 0 saturated heterocycles. The molecular formula is C22H23N3O2S. The smallest absolute Gasteiger partial charge is 0.230 e. The molecule has 28 heavy (non-hydrogen) atoms. The molecule has 2 aromatic carbocycles. The second kappa shape index (κ2) is 9.37. The highest BCUT2D eigenvalue weighted by atomic mass is 32.2. The summed E-state index contributed by atoms with van der Waals surface area (Å²) in [4.78, 5) is 12.1. The number of benzene rings is 2. The first-order chi connectivity index (χ1) is 13.6. The first-order valence-corrected chi connectivity index (χ1v) is 9.98. The summed E-state index contributed by atoms with van der Waals surface area (Å²) in [7, 11) is 1.62. The van der Waals surface area contributed by atoms with E-state index in [1.165, 1.54) is 22.9 Å². The Labute approximate surface area is 169 Å². The van der Waals surface area contributed by atoms with Crippen molar-refractivity contribution in [1.29, 1.82) is 0 Å². The van der Waals surface area contributed by atoms with E-state index < -0.39 is 0 Å². The predicted octanol–water partition coefficient (Wildman–Crippen LogP) is 4.18. The first kappa shape index (κ1) is 19.9. The van der Waals surface area contributed by atoms with Gasteiger partial charge >= 0.3 is 0 Å². The number of methoxy groups -OCH3 is 1. The normalized spacial score (nSPS) is 10.5. The Kier molecular flexibility index (Phi) is 6.66. The average molecular weight is 394 g/mol. The Morgan fingerprint density at radius 2 is 1.86 bits per heavy atom. The molecule has 5 nitrogen and oxygen atoms in total. The van der Waals surface area contributed by atoms with Gasteiger partial charge in [-0.1, -0.05) is 42.1 Å². The summed E-state index contributed by atoms with van der Waals surface area (Å²) in [6.07, 6.45) is 0. The standard InChI is InChI=1S/C22H23N3O2S/c1-15-8-9-17(12-16(15)2)19-10-11-22(25-24-19)28-14-21(26)23-13-18-6-4-5-7-20(18)27-3/h4-12H,13-14H2,1-3H3,(H,23,26). The van der Waals surface area contributed by atoms with Crippen molar-refractivity contribution in [2.75, 3.05) is 12.9 Å². The zero-order chi connectivity index (χ0) is 19.9. The molecule has 0 bridgehead atoms. The van der Waals surface area contributed by atoms with Crippen molar-refractivity contribution in [2.24, 2.45) is 0 Å². The van der Waals surface area contributed by atoms with Gasteiger partial charge in [0.1, 0.15) is 10.8 Å². The van der Waals surface area contributed by atoms with Gasteiger partial charge in [0, 0.05) is 17.7 Å². The number of carbonyl (C=O) groups is 1. The van der Waals surface area contributed by atoms with Crippen LogP contribution in [-0.4, -0.2) is 29.0 Å². The van der Waals surface area contributed by atoms with E-state index >= 15 is 0 Å². The SMILES string of the molecule is COc1ccccc1CNC(=O)CSc1ccc(-c2ccc(C)c(C)c2)nn1. The molecule has 0 spiro atoms. The lowest BCUT2D eigenvalue weighted by Gasteiger charge is -2.09. The number of thioether (sulfide) groups is 1. The summed E-state index contributed by atoms with van der Waals surface area (Å²) >= 11 is 1.37. The van der Waals surface area contributed by atoms with Crippen LogP contribution in [-0.2, 0) is 11.3 Å². The van der Waals surface area contributed by atoms with E-state index in [9.17, 15) is 4.79 Å². The molecule has 0 aliphatic rings. The van der Waals surface area contributed by atoms with Crippen LogP contribution in [0.4, 0.5) is 0 Å². The molecule has 6 heteroatoms. The summed E-state index contributed by atoms with van der Waals surface area (Å²) in [5.41, 5.74) is 5.29. The molecule has 3 aromatic rings. The fraction of sp³-hybridized carbons (Fsp3) is 0.227. The minimum absolute atomic E-state index is 0.0593. The van der Waals surface area contributed by atoms with Crippen molar-refractivity contribution in [3.05, 3.63) is 71.3 Å². The summed E-state index contributed by atoms with van der Waals surface area (Å²) in [6, 6.07) is 17.7. The minimum Gasteiger partial charge on any atom is -0.496 e. The molecule has 1 heterocycles. The molecule has 144 valence electrons. The van der Waals surface area contributed by atoms with Gasteiger partial charge in [0.2, 0.25) is 5.91 Å². The van der Waals surface area contributed by atoms with E-state index in [0.29, 0.717) is 6.54 Å². The van der Waals surface area contributed by atoms with E-state index in [-0.39, 0.29) is 11.7 Å². The number of aryl methyl sites for hydroxylation is 2. The maximum atomic E-state index is 12.1. The van der Waals surface area contributed by atoms with Crippen LogP contribution in [0.15, 0.2) is 59.6 Å². The molecule has 1 amide bonds. The number of carbonyl (C=O) groups excluding carboxylic acids is 1. The van der Waals surface area contributed by atoms with Crippen LogP contribution < -0.4 is 10.1 Å². The zero-order valence-corrected chi connectivity index (χ0v) is 17.0. The molecule has 3 rings (SSSR count). The summed E-state index contributed by atoms with van der Waals surface area (Å²) in [5.74, 6) is 0.992. The number of amides is 1. The number of para-hydroxylation sites is 1. The molecule has 1 aromatic heterocycles. The highest BCUT2D eigenvalue weighted by Gasteiger charge is 2.08. The van der Waals surface area contributed by atoms with Gasteiger partial charge in [-0.2, -0.15) is 0 Å². The van der Waals surface area contributed by atoms with Gasteiger partial charge < -0.3 is 10.1 Å². The third-order valence-electron chi connectivity index (χ3n) is 4.46. The number of hydrogen-bond acceptors (Lipinski definition) is 5. The largest absolute Gasteiger partial charge is 0.496 e. The number of ether oxygens (including phenoxy) is 1. The molecule has 0 radical (unpaired) electrons. The van der Waals surface area contributed by atoms with Crippen molar-refractivity contribution in [1.82, 2.24) is 15.5 Å². The third-order valence-corrected chi connectivity index (χ3v) is 5.38. The molecule has 0 unspecified atom stereocenters. The van der Waals surface area contributed by atoms with Crippen molar-refractivity contribution in [2.45, 2.75) is 25.4 Å². The van der Waals surface area contributed by atoms with E-state index in [1.807, 2.05) is 42.5 Å². The van der Waals surface area contributed by atoms with E-state index in [2.05, 4.69) is 41.5 Å². The van der Waals surface area contributed by atoms with E-state index in [1.54, 1.807) is 7.11 Å². The second-order valence-corrected chi connectivity index (χ2v) is 7.43. The number of nitrogens with one attached hydrogen (secondary N) is 1. The third kappa shape index (κ3) is 5.10. The van der Waals surface area contributed by atoms with Crippen LogP contribution in [0.5, 0.6) is 5.75 Å². The molecule has 0 aliphatic heterocycles. The van der Waals surface area contributed by atoms with E-state index in [0.717, 1.165) is 27.6 Å². The van der Waals surface area contributed by atoms with Gasteiger partial charge in [0.25, 0.3) is 0 Å².